The van der Waals surface area contributed by atoms with Gasteiger partial charge in [0.1, 0.15) is 5.69 Å². The Bertz CT molecular complexity index is 583. The number of amides is 1. The van der Waals surface area contributed by atoms with Crippen molar-refractivity contribution < 1.29 is 9.59 Å². The number of aryl methyl sites for hydroxylation is 1. The molecule has 0 saturated carbocycles. The minimum absolute atomic E-state index is 0.00824. The normalized spacial score (nSPS) is 18.0. The van der Waals surface area contributed by atoms with Crippen molar-refractivity contribution in [1.82, 2.24) is 15.2 Å². The lowest BCUT2D eigenvalue weighted by molar-refractivity contribution is 0.0916. The molecule has 5 heteroatoms. The molecule has 2 rings (SSSR count). The standard InChI is InChI=1S/C18H29N3O2/c1-11-6-8-21(9-7-11)12(2)10-19-18(23)17-13(3)16(15(5)22)14(4)20-17/h11-12,20H,6-10H2,1-5H3,(H,19,23)/t12-/m0/s1. The van der Waals surface area contributed by atoms with Crippen LogP contribution in [0.25, 0.3) is 0 Å². The van der Waals surface area contributed by atoms with E-state index < -0.39 is 0 Å². The first kappa shape index (κ1) is 17.7. The minimum atomic E-state index is -0.129. The summed E-state index contributed by atoms with van der Waals surface area (Å²) in [5.41, 5.74) is 2.64. The number of Topliss-reactive ketones (excluding diaryl/α,β-unsaturated/α-hetero) is 1. The van der Waals surface area contributed by atoms with Crippen LogP contribution in [0.1, 0.15) is 65.7 Å². The van der Waals surface area contributed by atoms with Gasteiger partial charge in [-0.2, -0.15) is 0 Å². The lowest BCUT2D eigenvalue weighted by atomic mass is 9.98. The highest BCUT2D eigenvalue weighted by Crippen LogP contribution is 2.19. The fraction of sp³-hybridized carbons (Fsp3) is 0.667. The number of hydrogen-bond donors (Lipinski definition) is 2. The topological polar surface area (TPSA) is 65.2 Å². The number of likely N-dealkylation sites (tertiary alicyclic amines) is 1. The summed E-state index contributed by atoms with van der Waals surface area (Å²) in [4.78, 5) is 29.6. The number of ketones is 1. The summed E-state index contributed by atoms with van der Waals surface area (Å²) >= 11 is 0. The van der Waals surface area contributed by atoms with E-state index in [2.05, 4.69) is 29.0 Å². The molecule has 1 amide bonds. The Kier molecular flexibility index (Phi) is 5.63. The second-order valence-corrected chi connectivity index (χ2v) is 6.96. The zero-order valence-corrected chi connectivity index (χ0v) is 15.0. The van der Waals surface area contributed by atoms with Gasteiger partial charge >= 0.3 is 0 Å². The first-order chi connectivity index (χ1) is 10.8. The Labute approximate surface area is 138 Å². The lowest BCUT2D eigenvalue weighted by Crippen LogP contribution is -2.45. The van der Waals surface area contributed by atoms with Gasteiger partial charge in [0.05, 0.1) is 0 Å². The van der Waals surface area contributed by atoms with Crippen molar-refractivity contribution >= 4 is 11.7 Å². The molecule has 0 aliphatic carbocycles. The summed E-state index contributed by atoms with van der Waals surface area (Å²) in [7, 11) is 0. The molecule has 1 aliphatic rings. The molecule has 0 aromatic carbocycles. The van der Waals surface area contributed by atoms with Crippen LogP contribution in [0, 0.1) is 19.8 Å². The highest BCUT2D eigenvalue weighted by atomic mass is 16.2. The van der Waals surface area contributed by atoms with Crippen LogP contribution in [0.15, 0.2) is 0 Å². The number of H-pyrrole nitrogens is 1. The molecule has 5 nitrogen and oxygen atoms in total. The van der Waals surface area contributed by atoms with Gasteiger partial charge in [0.25, 0.3) is 5.91 Å². The summed E-state index contributed by atoms with van der Waals surface area (Å²) in [6.45, 7) is 12.5. The third kappa shape index (κ3) is 4.02. The first-order valence-corrected chi connectivity index (χ1v) is 8.53. The van der Waals surface area contributed by atoms with Gasteiger partial charge in [-0.15, -0.1) is 0 Å². The molecule has 2 heterocycles. The molecule has 0 spiro atoms. The Morgan fingerprint density at radius 3 is 2.43 bits per heavy atom. The Morgan fingerprint density at radius 1 is 1.30 bits per heavy atom. The van der Waals surface area contributed by atoms with Crippen molar-refractivity contribution in [2.24, 2.45) is 5.92 Å². The van der Waals surface area contributed by atoms with E-state index in [4.69, 9.17) is 0 Å². The third-order valence-electron chi connectivity index (χ3n) is 5.02. The van der Waals surface area contributed by atoms with Crippen LogP contribution in [0.4, 0.5) is 0 Å². The summed E-state index contributed by atoms with van der Waals surface area (Å²) < 4.78 is 0. The number of hydrogen-bond acceptors (Lipinski definition) is 3. The van der Waals surface area contributed by atoms with Crippen molar-refractivity contribution in [3.63, 3.8) is 0 Å². The third-order valence-corrected chi connectivity index (χ3v) is 5.02. The monoisotopic (exact) mass is 319 g/mol. The minimum Gasteiger partial charge on any atom is -0.354 e. The molecule has 0 radical (unpaired) electrons. The molecule has 128 valence electrons. The smallest absolute Gasteiger partial charge is 0.268 e. The lowest BCUT2D eigenvalue weighted by Gasteiger charge is -2.35. The van der Waals surface area contributed by atoms with Crippen LogP contribution < -0.4 is 5.32 Å². The van der Waals surface area contributed by atoms with E-state index in [-0.39, 0.29) is 11.7 Å². The Hall–Kier alpha value is -1.62. The number of rotatable bonds is 5. The molecule has 1 aliphatic heterocycles. The van der Waals surface area contributed by atoms with Gasteiger partial charge in [0.15, 0.2) is 5.78 Å². The van der Waals surface area contributed by atoms with Crippen molar-refractivity contribution in [2.45, 2.75) is 53.5 Å². The van der Waals surface area contributed by atoms with E-state index in [1.165, 1.54) is 19.8 Å². The first-order valence-electron chi connectivity index (χ1n) is 8.53. The van der Waals surface area contributed by atoms with Gasteiger partial charge in [-0.05, 0) is 65.1 Å². The average molecular weight is 319 g/mol. The molecule has 1 saturated heterocycles. The second-order valence-electron chi connectivity index (χ2n) is 6.96. The predicted octanol–water partition coefficient (Wildman–Crippen LogP) is 2.68. The van der Waals surface area contributed by atoms with Gasteiger partial charge in [-0.3, -0.25) is 14.5 Å². The Morgan fingerprint density at radius 2 is 1.91 bits per heavy atom. The molecule has 0 unspecified atom stereocenters. The highest BCUT2D eigenvalue weighted by molar-refractivity contribution is 6.02. The number of aromatic amines is 1. The number of piperidine rings is 1. The molecular weight excluding hydrogens is 290 g/mol. The number of carbonyl (C=O) groups is 2. The van der Waals surface area contributed by atoms with Crippen molar-refractivity contribution in [1.29, 1.82) is 0 Å². The summed E-state index contributed by atoms with van der Waals surface area (Å²) in [5, 5.41) is 3.00. The van der Waals surface area contributed by atoms with E-state index in [0.717, 1.165) is 30.3 Å². The SMILES string of the molecule is CC(=O)c1c(C)[nH]c(C(=O)NC[C@H](C)N2CCC(C)CC2)c1C. The van der Waals surface area contributed by atoms with Crippen LogP contribution in [0.5, 0.6) is 0 Å². The van der Waals surface area contributed by atoms with Gasteiger partial charge in [-0.25, -0.2) is 0 Å². The van der Waals surface area contributed by atoms with Crippen LogP contribution in [0.2, 0.25) is 0 Å². The fourth-order valence-electron chi connectivity index (χ4n) is 3.43. The number of carbonyl (C=O) groups excluding carboxylic acids is 2. The fourth-order valence-corrected chi connectivity index (χ4v) is 3.43. The molecule has 1 atom stereocenters. The maximum atomic E-state index is 12.4. The predicted molar refractivity (Wildman–Crippen MR) is 92.0 cm³/mol. The second kappa shape index (κ2) is 7.30. The maximum Gasteiger partial charge on any atom is 0.268 e. The molecule has 0 bridgehead atoms. The number of aromatic nitrogens is 1. The molecule has 1 aromatic heterocycles. The zero-order chi connectivity index (χ0) is 17.1. The van der Waals surface area contributed by atoms with Gasteiger partial charge < -0.3 is 10.3 Å². The molecule has 1 aromatic rings. The van der Waals surface area contributed by atoms with E-state index in [9.17, 15) is 9.59 Å². The summed E-state index contributed by atoms with van der Waals surface area (Å²) in [6.07, 6.45) is 2.46. The van der Waals surface area contributed by atoms with Gasteiger partial charge in [0, 0.05) is 23.8 Å². The van der Waals surface area contributed by atoms with E-state index >= 15 is 0 Å². The van der Waals surface area contributed by atoms with Crippen LogP contribution in [-0.2, 0) is 0 Å². The number of nitrogens with one attached hydrogen (secondary N) is 2. The summed E-state index contributed by atoms with van der Waals surface area (Å²) in [5.74, 6) is 0.670. The molecule has 23 heavy (non-hydrogen) atoms. The van der Waals surface area contributed by atoms with Crippen molar-refractivity contribution in [2.75, 3.05) is 19.6 Å². The zero-order valence-electron chi connectivity index (χ0n) is 15.0. The largest absolute Gasteiger partial charge is 0.354 e. The van der Waals surface area contributed by atoms with Gasteiger partial charge in [0.2, 0.25) is 0 Å². The van der Waals surface area contributed by atoms with Crippen molar-refractivity contribution in [3.05, 3.63) is 22.5 Å². The average Bonchev–Trinajstić information content (AvgIpc) is 2.80. The van der Waals surface area contributed by atoms with E-state index in [1.807, 2.05) is 13.8 Å². The van der Waals surface area contributed by atoms with E-state index in [1.54, 1.807) is 0 Å². The van der Waals surface area contributed by atoms with Crippen molar-refractivity contribution in [3.8, 4) is 0 Å². The highest BCUT2D eigenvalue weighted by Gasteiger charge is 2.23. The molecule has 1 fully saturated rings. The molecular formula is C18H29N3O2. The Balaban J connectivity index is 1.95. The maximum absolute atomic E-state index is 12.4. The van der Waals surface area contributed by atoms with Crippen LogP contribution >= 0.6 is 0 Å². The summed E-state index contributed by atoms with van der Waals surface area (Å²) in [6, 6.07) is 0.329. The van der Waals surface area contributed by atoms with Crippen LogP contribution in [-0.4, -0.2) is 47.3 Å². The molecule has 2 N–H and O–H groups in total. The van der Waals surface area contributed by atoms with E-state index in [0.29, 0.717) is 23.8 Å². The number of nitrogens with zero attached hydrogens (tertiary/aromatic N) is 1. The quantitative estimate of drug-likeness (QED) is 0.820. The van der Waals surface area contributed by atoms with Crippen LogP contribution in [0.3, 0.4) is 0 Å². The van der Waals surface area contributed by atoms with Gasteiger partial charge in [-0.1, -0.05) is 6.92 Å².